The quantitative estimate of drug-likeness (QED) is 0.470. The van der Waals surface area contributed by atoms with Crippen LogP contribution in [0, 0.1) is 6.92 Å². The fourth-order valence-corrected chi connectivity index (χ4v) is 5.53. The first-order valence-electron chi connectivity index (χ1n) is 12.1. The lowest BCUT2D eigenvalue weighted by atomic mass is 10.0. The summed E-state index contributed by atoms with van der Waals surface area (Å²) in [6, 6.07) is 10.7. The Morgan fingerprint density at radius 2 is 1.91 bits per heavy atom. The summed E-state index contributed by atoms with van der Waals surface area (Å²) < 4.78 is 16.3. The van der Waals surface area contributed by atoms with Gasteiger partial charge in [0.25, 0.3) is 0 Å². The number of aromatic nitrogens is 4. The smallest absolute Gasteiger partial charge is 0.171 e. The summed E-state index contributed by atoms with van der Waals surface area (Å²) in [5.41, 5.74) is 6.00. The van der Waals surface area contributed by atoms with Crippen LogP contribution in [0.1, 0.15) is 25.5 Å². The van der Waals surface area contributed by atoms with Crippen molar-refractivity contribution in [2.75, 3.05) is 37.6 Å². The second-order valence-electron chi connectivity index (χ2n) is 9.78. The fraction of sp³-hybridized carbons (Fsp3) is 0.423. The van der Waals surface area contributed by atoms with Gasteiger partial charge in [0.05, 0.1) is 29.8 Å². The molecule has 176 valence electrons. The van der Waals surface area contributed by atoms with E-state index in [-0.39, 0.29) is 0 Å². The third kappa shape index (κ3) is 3.91. The minimum Gasteiger partial charge on any atom is -0.369 e. The van der Waals surface area contributed by atoms with Crippen LogP contribution < -0.4 is 10.2 Å². The van der Waals surface area contributed by atoms with Crippen LogP contribution in [-0.4, -0.2) is 69.0 Å². The lowest BCUT2D eigenvalue weighted by Crippen LogP contribution is -2.60. The summed E-state index contributed by atoms with van der Waals surface area (Å²) in [5.74, 6) is -1.29. The molecular formula is C26H30FN7. The highest BCUT2D eigenvalue weighted by atomic mass is 19.1. The molecule has 34 heavy (non-hydrogen) atoms. The van der Waals surface area contributed by atoms with Gasteiger partial charge in [-0.05, 0) is 44.4 Å². The van der Waals surface area contributed by atoms with Crippen LogP contribution in [0.2, 0.25) is 0 Å². The number of hydrogen-bond donors (Lipinski definition) is 1. The monoisotopic (exact) mass is 459 g/mol. The highest BCUT2D eigenvalue weighted by Gasteiger charge is 2.34. The molecule has 6 rings (SSSR count). The highest BCUT2D eigenvalue weighted by molar-refractivity contribution is 5.98. The van der Waals surface area contributed by atoms with Gasteiger partial charge < -0.3 is 4.90 Å². The minimum absolute atomic E-state index is 0.435. The Balaban J connectivity index is 1.23. The number of nitrogens with one attached hydrogen (secondary N) is 1. The van der Waals surface area contributed by atoms with Crippen molar-refractivity contribution >= 4 is 22.2 Å². The van der Waals surface area contributed by atoms with Gasteiger partial charge in [-0.3, -0.25) is 15.2 Å². The van der Waals surface area contributed by atoms with Gasteiger partial charge in [0.2, 0.25) is 0 Å². The van der Waals surface area contributed by atoms with E-state index >= 15 is 0 Å². The second kappa shape index (κ2) is 8.29. The zero-order chi connectivity index (χ0) is 23.3. The third-order valence-corrected chi connectivity index (χ3v) is 7.22. The molecule has 0 amide bonds. The van der Waals surface area contributed by atoms with Gasteiger partial charge in [0.15, 0.2) is 11.4 Å². The van der Waals surface area contributed by atoms with Crippen LogP contribution >= 0.6 is 0 Å². The lowest BCUT2D eigenvalue weighted by Gasteiger charge is -2.44. The lowest BCUT2D eigenvalue weighted by molar-refractivity contribution is 0.0137. The van der Waals surface area contributed by atoms with E-state index in [0.29, 0.717) is 19.1 Å². The maximum Gasteiger partial charge on any atom is 0.171 e. The molecule has 1 N–H and O–H groups in total. The Morgan fingerprint density at radius 3 is 2.74 bits per heavy atom. The van der Waals surface area contributed by atoms with E-state index in [4.69, 9.17) is 4.98 Å². The number of rotatable bonds is 3. The van der Waals surface area contributed by atoms with Gasteiger partial charge in [0.1, 0.15) is 0 Å². The summed E-state index contributed by atoms with van der Waals surface area (Å²) in [6.07, 6.45) is 7.99. The van der Waals surface area contributed by atoms with Crippen molar-refractivity contribution in [3.8, 4) is 11.1 Å². The molecule has 2 aliphatic heterocycles. The fourth-order valence-electron chi connectivity index (χ4n) is 5.53. The molecule has 0 bridgehead atoms. The number of pyridine rings is 1. The molecular weight excluding hydrogens is 429 g/mol. The molecule has 1 unspecified atom stereocenters. The minimum atomic E-state index is -1.29. The summed E-state index contributed by atoms with van der Waals surface area (Å²) >= 11 is 0. The average Bonchev–Trinajstić information content (AvgIpc) is 3.26. The molecule has 0 spiro atoms. The van der Waals surface area contributed by atoms with Crippen LogP contribution in [-0.2, 0) is 0 Å². The van der Waals surface area contributed by atoms with Crippen LogP contribution in [0.4, 0.5) is 10.1 Å². The number of halogens is 1. The number of fused-ring (bicyclic) bond motifs is 2. The second-order valence-corrected chi connectivity index (χ2v) is 9.78. The number of benzene rings is 1. The van der Waals surface area contributed by atoms with Crippen LogP contribution in [0.15, 0.2) is 48.9 Å². The molecule has 3 aromatic heterocycles. The van der Waals surface area contributed by atoms with Crippen molar-refractivity contribution in [3.63, 3.8) is 0 Å². The summed E-state index contributed by atoms with van der Waals surface area (Å²) in [5, 5.41) is 8.71. The Kier molecular flexibility index (Phi) is 5.22. The Labute approximate surface area is 198 Å². The van der Waals surface area contributed by atoms with Crippen LogP contribution in [0.5, 0.6) is 0 Å². The number of piperazine rings is 1. The number of hydrogen-bond acceptors (Lipinski definition) is 6. The Hall–Kier alpha value is -3.10. The maximum atomic E-state index is 14.4. The number of para-hydroxylation sites is 1. The SMILES string of the molecule is Cc1cc(-c2cnn3cc(N4CCC(N5CCNC(C)(F)C5)CC4)cnc23)c2ccccc2n1. The first-order valence-corrected chi connectivity index (χ1v) is 12.1. The molecule has 2 aliphatic rings. The van der Waals surface area contributed by atoms with Gasteiger partial charge >= 0.3 is 0 Å². The van der Waals surface area contributed by atoms with E-state index in [1.807, 2.05) is 42.0 Å². The summed E-state index contributed by atoms with van der Waals surface area (Å²) in [6.45, 7) is 7.62. The number of piperidine rings is 1. The molecule has 0 radical (unpaired) electrons. The van der Waals surface area contributed by atoms with E-state index in [2.05, 4.69) is 43.5 Å². The number of aryl methyl sites for hydroxylation is 1. The van der Waals surface area contributed by atoms with E-state index in [0.717, 1.165) is 71.5 Å². The first kappa shape index (κ1) is 21.4. The standard InChI is InChI=1S/C26H30FN7/c1-18-13-22(21-5-3-4-6-24(21)31-18)23-15-30-34-16-20(14-28-25(23)34)32-10-7-19(8-11-32)33-12-9-29-26(2,27)17-33/h3-6,13-16,19,29H,7-12,17H2,1-2H3. The summed E-state index contributed by atoms with van der Waals surface area (Å²) in [4.78, 5) is 14.2. The number of anilines is 1. The molecule has 0 aliphatic carbocycles. The normalized spacial score (nSPS) is 22.6. The number of nitrogens with zero attached hydrogens (tertiary/aromatic N) is 6. The largest absolute Gasteiger partial charge is 0.369 e. The van der Waals surface area contributed by atoms with E-state index in [1.54, 1.807) is 6.92 Å². The van der Waals surface area contributed by atoms with Crippen LogP contribution in [0.3, 0.4) is 0 Å². The number of alkyl halides is 1. The predicted molar refractivity (Wildman–Crippen MR) is 133 cm³/mol. The molecule has 7 nitrogen and oxygen atoms in total. The summed E-state index contributed by atoms with van der Waals surface area (Å²) in [7, 11) is 0. The molecule has 8 heteroatoms. The van der Waals surface area contributed by atoms with Gasteiger partial charge in [-0.1, -0.05) is 18.2 Å². The predicted octanol–water partition coefficient (Wildman–Crippen LogP) is 3.81. The molecule has 5 heterocycles. The van der Waals surface area contributed by atoms with Crippen molar-refractivity contribution < 1.29 is 4.39 Å². The van der Waals surface area contributed by atoms with E-state index in [9.17, 15) is 4.39 Å². The van der Waals surface area contributed by atoms with Crippen molar-refractivity contribution in [2.45, 2.75) is 38.5 Å². The van der Waals surface area contributed by atoms with Crippen molar-refractivity contribution in [2.24, 2.45) is 0 Å². The first-order chi connectivity index (χ1) is 16.5. The Morgan fingerprint density at radius 1 is 1.09 bits per heavy atom. The van der Waals surface area contributed by atoms with E-state index < -0.39 is 5.79 Å². The molecule has 2 fully saturated rings. The van der Waals surface area contributed by atoms with Crippen molar-refractivity contribution in [1.82, 2.24) is 29.8 Å². The van der Waals surface area contributed by atoms with Gasteiger partial charge in [-0.2, -0.15) is 5.10 Å². The Bertz CT molecular complexity index is 1340. The molecule has 1 atom stereocenters. The van der Waals surface area contributed by atoms with Crippen molar-refractivity contribution in [1.29, 1.82) is 0 Å². The van der Waals surface area contributed by atoms with Gasteiger partial charge in [0, 0.05) is 55.4 Å². The molecule has 2 saturated heterocycles. The highest BCUT2D eigenvalue weighted by Crippen LogP contribution is 2.32. The average molecular weight is 460 g/mol. The topological polar surface area (TPSA) is 61.6 Å². The molecule has 4 aromatic rings. The van der Waals surface area contributed by atoms with E-state index in [1.165, 1.54) is 0 Å². The van der Waals surface area contributed by atoms with Gasteiger partial charge in [-0.15, -0.1) is 0 Å². The molecule has 1 aromatic carbocycles. The van der Waals surface area contributed by atoms with Crippen molar-refractivity contribution in [3.05, 3.63) is 54.6 Å². The van der Waals surface area contributed by atoms with Crippen LogP contribution in [0.25, 0.3) is 27.7 Å². The maximum absolute atomic E-state index is 14.4. The third-order valence-electron chi connectivity index (χ3n) is 7.22. The zero-order valence-corrected chi connectivity index (χ0v) is 19.7. The zero-order valence-electron chi connectivity index (χ0n) is 19.7. The van der Waals surface area contributed by atoms with Gasteiger partial charge in [-0.25, -0.2) is 13.9 Å². The molecule has 0 saturated carbocycles.